The molecule has 0 unspecified atom stereocenters. The molecule has 1 heterocycles. The van der Waals surface area contributed by atoms with E-state index in [0.29, 0.717) is 6.54 Å². The number of hydrogen-bond donors (Lipinski definition) is 1. The number of hydrogen-bond acceptors (Lipinski definition) is 2. The van der Waals surface area contributed by atoms with Gasteiger partial charge in [-0.25, -0.2) is 0 Å². The fourth-order valence-electron chi connectivity index (χ4n) is 1.14. The monoisotopic (exact) mass is 282 g/mol. The fourth-order valence-corrected chi connectivity index (χ4v) is 1.52. The minimum absolute atomic E-state index is 0.132. The van der Waals surface area contributed by atoms with E-state index in [0.717, 1.165) is 4.47 Å². The number of amides is 1. The van der Waals surface area contributed by atoms with Crippen LogP contribution in [0.1, 0.15) is 6.42 Å². The predicted molar refractivity (Wildman–Crippen MR) is 64.9 cm³/mol. The van der Waals surface area contributed by atoms with E-state index in [4.69, 9.17) is 6.42 Å². The molecule has 0 radical (unpaired) electrons. The third-order valence-corrected chi connectivity index (χ3v) is 2.38. The van der Waals surface area contributed by atoms with Crippen LogP contribution >= 0.6 is 15.9 Å². The molecular weight excluding hydrogens is 272 g/mol. The van der Waals surface area contributed by atoms with Crippen molar-refractivity contribution in [1.82, 2.24) is 9.88 Å². The molecule has 84 valence electrons. The summed E-state index contributed by atoms with van der Waals surface area (Å²) in [7, 11) is 0. The number of pyridine rings is 1. The Labute approximate surface area is 102 Å². The second-order valence-corrected chi connectivity index (χ2v) is 4.03. The Morgan fingerprint density at radius 3 is 3.00 bits per heavy atom. The van der Waals surface area contributed by atoms with Crippen LogP contribution in [0.15, 0.2) is 27.6 Å². The van der Waals surface area contributed by atoms with Gasteiger partial charge in [-0.1, -0.05) is 5.92 Å². The van der Waals surface area contributed by atoms with Crippen molar-refractivity contribution in [2.45, 2.75) is 13.0 Å². The molecule has 0 atom stereocenters. The predicted octanol–water partition coefficient (Wildman–Crippen LogP) is 0.750. The van der Waals surface area contributed by atoms with Gasteiger partial charge in [-0.3, -0.25) is 9.59 Å². The van der Waals surface area contributed by atoms with Crippen LogP contribution in [0.2, 0.25) is 0 Å². The van der Waals surface area contributed by atoms with Gasteiger partial charge in [-0.05, 0) is 22.0 Å². The van der Waals surface area contributed by atoms with E-state index < -0.39 is 0 Å². The van der Waals surface area contributed by atoms with Crippen molar-refractivity contribution in [1.29, 1.82) is 0 Å². The molecule has 0 aliphatic carbocycles. The first-order valence-electron chi connectivity index (χ1n) is 4.69. The van der Waals surface area contributed by atoms with Gasteiger partial charge < -0.3 is 9.88 Å². The van der Waals surface area contributed by atoms with Gasteiger partial charge in [0.2, 0.25) is 5.91 Å². The Kier molecular flexibility index (Phi) is 4.80. The zero-order valence-electron chi connectivity index (χ0n) is 8.57. The molecule has 1 amide bonds. The van der Waals surface area contributed by atoms with Crippen molar-refractivity contribution in [2.75, 3.05) is 6.54 Å². The van der Waals surface area contributed by atoms with Crippen LogP contribution in [0.25, 0.3) is 0 Å². The van der Waals surface area contributed by atoms with Crippen molar-refractivity contribution in [2.24, 2.45) is 0 Å². The van der Waals surface area contributed by atoms with Crippen LogP contribution in [0.3, 0.4) is 0 Å². The average Bonchev–Trinajstić information content (AvgIpc) is 2.27. The first kappa shape index (κ1) is 12.5. The number of rotatable bonds is 4. The number of aryl methyl sites for hydroxylation is 1. The van der Waals surface area contributed by atoms with Crippen LogP contribution in [0.4, 0.5) is 0 Å². The van der Waals surface area contributed by atoms with Gasteiger partial charge in [-0.2, -0.15) is 0 Å². The van der Waals surface area contributed by atoms with Gasteiger partial charge in [0.25, 0.3) is 5.56 Å². The van der Waals surface area contributed by atoms with Gasteiger partial charge >= 0.3 is 0 Å². The Morgan fingerprint density at radius 2 is 2.31 bits per heavy atom. The van der Waals surface area contributed by atoms with E-state index in [1.165, 1.54) is 10.6 Å². The fraction of sp³-hybridized carbons (Fsp3) is 0.273. The van der Waals surface area contributed by atoms with Gasteiger partial charge in [0, 0.05) is 29.7 Å². The highest BCUT2D eigenvalue weighted by molar-refractivity contribution is 9.10. The van der Waals surface area contributed by atoms with Crippen molar-refractivity contribution in [3.05, 3.63) is 33.2 Å². The van der Waals surface area contributed by atoms with Crippen molar-refractivity contribution in [3.8, 4) is 12.3 Å². The molecule has 1 aromatic heterocycles. The molecule has 0 aromatic carbocycles. The van der Waals surface area contributed by atoms with Crippen LogP contribution in [-0.2, 0) is 11.3 Å². The zero-order chi connectivity index (χ0) is 12.0. The lowest BCUT2D eigenvalue weighted by Crippen LogP contribution is -2.27. The molecular formula is C11H11BrN2O2. The van der Waals surface area contributed by atoms with E-state index in [-0.39, 0.29) is 24.4 Å². The van der Waals surface area contributed by atoms with E-state index in [1.54, 1.807) is 12.3 Å². The Bertz CT molecular complexity index is 474. The minimum Gasteiger partial charge on any atom is -0.345 e. The summed E-state index contributed by atoms with van der Waals surface area (Å²) in [6.07, 6.45) is 6.89. The third-order valence-electron chi connectivity index (χ3n) is 1.91. The van der Waals surface area contributed by atoms with Gasteiger partial charge in [-0.15, -0.1) is 6.42 Å². The summed E-state index contributed by atoms with van der Waals surface area (Å²) in [5, 5.41) is 2.53. The lowest BCUT2D eigenvalue weighted by molar-refractivity contribution is -0.121. The molecule has 0 spiro atoms. The molecule has 0 saturated heterocycles. The summed E-state index contributed by atoms with van der Waals surface area (Å²) in [5.41, 5.74) is -0.132. The lowest BCUT2D eigenvalue weighted by Gasteiger charge is -2.05. The third kappa shape index (κ3) is 3.91. The van der Waals surface area contributed by atoms with Crippen LogP contribution in [0, 0.1) is 12.3 Å². The number of terminal acetylenes is 1. The average molecular weight is 283 g/mol. The highest BCUT2D eigenvalue weighted by Gasteiger charge is 2.02. The highest BCUT2D eigenvalue weighted by Crippen LogP contribution is 2.04. The second kappa shape index (κ2) is 6.13. The van der Waals surface area contributed by atoms with Crippen molar-refractivity contribution >= 4 is 21.8 Å². The normalized spacial score (nSPS) is 9.50. The summed E-state index contributed by atoms with van der Waals surface area (Å²) < 4.78 is 2.27. The summed E-state index contributed by atoms with van der Waals surface area (Å²) in [6, 6.07) is 3.11. The van der Waals surface area contributed by atoms with E-state index in [2.05, 4.69) is 27.2 Å². The highest BCUT2D eigenvalue weighted by atomic mass is 79.9. The summed E-state index contributed by atoms with van der Waals surface area (Å²) in [5.74, 6) is 2.15. The van der Waals surface area contributed by atoms with Crippen LogP contribution < -0.4 is 10.9 Å². The summed E-state index contributed by atoms with van der Waals surface area (Å²) >= 11 is 3.26. The molecule has 0 fully saturated rings. The van der Waals surface area contributed by atoms with E-state index in [9.17, 15) is 9.59 Å². The first-order chi connectivity index (χ1) is 7.63. The SMILES string of the molecule is C#CCNC(=O)CCn1cc(Br)ccc1=O. The topological polar surface area (TPSA) is 51.1 Å². The van der Waals surface area contributed by atoms with E-state index in [1.807, 2.05) is 0 Å². The smallest absolute Gasteiger partial charge is 0.250 e. The molecule has 1 aromatic rings. The Hall–Kier alpha value is -1.54. The van der Waals surface area contributed by atoms with Crippen LogP contribution in [0.5, 0.6) is 0 Å². The number of halogens is 1. The molecule has 0 saturated carbocycles. The minimum atomic E-state index is -0.162. The maximum absolute atomic E-state index is 11.4. The molecule has 0 bridgehead atoms. The number of aromatic nitrogens is 1. The van der Waals surface area contributed by atoms with E-state index >= 15 is 0 Å². The summed E-state index contributed by atoms with van der Waals surface area (Å²) in [4.78, 5) is 22.6. The number of nitrogens with one attached hydrogen (secondary N) is 1. The number of carbonyl (C=O) groups excluding carboxylic acids is 1. The molecule has 1 rings (SSSR count). The maximum atomic E-state index is 11.4. The molecule has 0 aliphatic rings. The summed E-state index contributed by atoms with van der Waals surface area (Å²) in [6.45, 7) is 0.556. The number of carbonyl (C=O) groups is 1. The van der Waals surface area contributed by atoms with Gasteiger partial charge in [0.1, 0.15) is 0 Å². The standard InChI is InChI=1S/C11H11BrN2O2/c1-2-6-13-10(15)5-7-14-8-9(12)3-4-11(14)16/h1,3-4,8H,5-7H2,(H,13,15). The number of nitrogens with zero attached hydrogens (tertiary/aromatic N) is 1. The van der Waals surface area contributed by atoms with Gasteiger partial charge in [0.05, 0.1) is 6.54 Å². The Balaban J connectivity index is 2.55. The lowest BCUT2D eigenvalue weighted by atomic mass is 10.3. The quantitative estimate of drug-likeness (QED) is 0.829. The molecule has 0 aliphatic heterocycles. The van der Waals surface area contributed by atoms with Crippen molar-refractivity contribution < 1.29 is 4.79 Å². The molecule has 5 heteroatoms. The first-order valence-corrected chi connectivity index (χ1v) is 5.49. The molecule has 1 N–H and O–H groups in total. The Morgan fingerprint density at radius 1 is 1.56 bits per heavy atom. The molecule has 16 heavy (non-hydrogen) atoms. The zero-order valence-corrected chi connectivity index (χ0v) is 10.2. The van der Waals surface area contributed by atoms with Crippen molar-refractivity contribution in [3.63, 3.8) is 0 Å². The van der Waals surface area contributed by atoms with Gasteiger partial charge in [0.15, 0.2) is 0 Å². The largest absolute Gasteiger partial charge is 0.345 e. The van der Waals surface area contributed by atoms with Crippen LogP contribution in [-0.4, -0.2) is 17.0 Å². The maximum Gasteiger partial charge on any atom is 0.250 e. The second-order valence-electron chi connectivity index (χ2n) is 3.11. The molecule has 4 nitrogen and oxygen atoms in total.